The molecule has 3 heterocycles. The standard InChI is InChI=1S/C21H13F2N7/c22-15-8-18-19(9-16(15)23)29-20(28-18)12-3-1-4-14(7-12)27-21-24-10-13(11-25-21)17-5-2-6-26-30-17/h1-11H,(H,28,29)(H,24,25,27). The number of anilines is 2. The molecule has 0 atom stereocenters. The molecule has 146 valence electrons. The molecule has 0 fully saturated rings. The zero-order valence-corrected chi connectivity index (χ0v) is 15.3. The average molecular weight is 401 g/mol. The molecule has 0 spiro atoms. The molecule has 0 amide bonds. The van der Waals surface area contributed by atoms with Gasteiger partial charge in [-0.05, 0) is 24.3 Å². The van der Waals surface area contributed by atoms with Gasteiger partial charge < -0.3 is 10.3 Å². The highest BCUT2D eigenvalue weighted by atomic mass is 19.2. The van der Waals surface area contributed by atoms with Crippen LogP contribution < -0.4 is 5.32 Å². The Morgan fingerprint density at radius 2 is 1.70 bits per heavy atom. The average Bonchev–Trinajstić information content (AvgIpc) is 3.18. The van der Waals surface area contributed by atoms with Crippen molar-refractivity contribution in [3.05, 3.63) is 78.8 Å². The molecule has 0 bridgehead atoms. The number of aromatic nitrogens is 6. The Kier molecular flexibility index (Phi) is 4.32. The summed E-state index contributed by atoms with van der Waals surface area (Å²) in [5.74, 6) is -0.945. The first-order valence-corrected chi connectivity index (χ1v) is 8.98. The maximum Gasteiger partial charge on any atom is 0.227 e. The Labute approximate surface area is 168 Å². The van der Waals surface area contributed by atoms with E-state index in [9.17, 15) is 8.78 Å². The molecule has 0 aliphatic heterocycles. The Morgan fingerprint density at radius 3 is 2.50 bits per heavy atom. The van der Waals surface area contributed by atoms with Crippen LogP contribution in [0, 0.1) is 11.6 Å². The SMILES string of the molecule is Fc1cc2nc(-c3cccc(Nc4ncc(-c5cccnn5)cn4)c3)[nH]c2cc1F. The van der Waals surface area contributed by atoms with Crippen LogP contribution in [0.4, 0.5) is 20.4 Å². The maximum atomic E-state index is 13.4. The molecule has 7 nitrogen and oxygen atoms in total. The molecule has 5 rings (SSSR count). The number of H-pyrrole nitrogens is 1. The monoisotopic (exact) mass is 401 g/mol. The van der Waals surface area contributed by atoms with E-state index in [2.05, 4.69) is 35.5 Å². The number of nitrogens with zero attached hydrogens (tertiary/aromatic N) is 5. The van der Waals surface area contributed by atoms with E-state index in [0.717, 1.165) is 28.9 Å². The zero-order chi connectivity index (χ0) is 20.5. The summed E-state index contributed by atoms with van der Waals surface area (Å²) < 4.78 is 26.9. The van der Waals surface area contributed by atoms with Crippen LogP contribution >= 0.6 is 0 Å². The van der Waals surface area contributed by atoms with Gasteiger partial charge in [-0.15, -0.1) is 0 Å². The van der Waals surface area contributed by atoms with Crippen LogP contribution in [-0.4, -0.2) is 30.1 Å². The van der Waals surface area contributed by atoms with Gasteiger partial charge in [-0.1, -0.05) is 12.1 Å². The van der Waals surface area contributed by atoms with E-state index in [1.807, 2.05) is 30.3 Å². The third-order valence-corrected chi connectivity index (χ3v) is 4.44. The summed E-state index contributed by atoms with van der Waals surface area (Å²) in [6.45, 7) is 0. The summed E-state index contributed by atoms with van der Waals surface area (Å²) in [6, 6.07) is 13.1. The highest BCUT2D eigenvalue weighted by Crippen LogP contribution is 2.25. The minimum absolute atomic E-state index is 0.352. The molecule has 0 aliphatic carbocycles. The van der Waals surface area contributed by atoms with E-state index < -0.39 is 11.6 Å². The number of hydrogen-bond donors (Lipinski definition) is 2. The lowest BCUT2D eigenvalue weighted by atomic mass is 10.2. The first-order valence-electron chi connectivity index (χ1n) is 8.98. The van der Waals surface area contributed by atoms with Crippen molar-refractivity contribution in [3.8, 4) is 22.6 Å². The lowest BCUT2D eigenvalue weighted by Crippen LogP contribution is -1.97. The van der Waals surface area contributed by atoms with Gasteiger partial charge in [-0.25, -0.2) is 23.7 Å². The summed E-state index contributed by atoms with van der Waals surface area (Å²) in [5.41, 5.74) is 3.69. The van der Waals surface area contributed by atoms with Crippen molar-refractivity contribution < 1.29 is 8.78 Å². The van der Waals surface area contributed by atoms with Crippen LogP contribution in [0.2, 0.25) is 0 Å². The fraction of sp³-hybridized carbons (Fsp3) is 0. The van der Waals surface area contributed by atoms with E-state index >= 15 is 0 Å². The lowest BCUT2D eigenvalue weighted by molar-refractivity contribution is 0.510. The van der Waals surface area contributed by atoms with Gasteiger partial charge in [0.2, 0.25) is 5.95 Å². The predicted octanol–water partition coefficient (Wildman–Crippen LogP) is 4.50. The number of fused-ring (bicyclic) bond motifs is 1. The molecule has 30 heavy (non-hydrogen) atoms. The number of hydrogen-bond acceptors (Lipinski definition) is 6. The third-order valence-electron chi connectivity index (χ3n) is 4.44. The molecule has 3 aromatic heterocycles. The first kappa shape index (κ1) is 17.8. The Hall–Kier alpha value is -4.27. The number of benzene rings is 2. The summed E-state index contributed by atoms with van der Waals surface area (Å²) in [4.78, 5) is 16.0. The number of halogens is 2. The van der Waals surface area contributed by atoms with Gasteiger partial charge in [0.25, 0.3) is 0 Å². The minimum Gasteiger partial charge on any atom is -0.338 e. The summed E-state index contributed by atoms with van der Waals surface area (Å²) in [6.07, 6.45) is 4.92. The Morgan fingerprint density at radius 1 is 0.867 bits per heavy atom. The fourth-order valence-electron chi connectivity index (χ4n) is 3.00. The molecular formula is C21H13F2N7. The van der Waals surface area contributed by atoms with Gasteiger partial charge in [0.1, 0.15) is 5.82 Å². The van der Waals surface area contributed by atoms with Crippen LogP contribution in [-0.2, 0) is 0 Å². The number of imidazole rings is 1. The van der Waals surface area contributed by atoms with Gasteiger partial charge in [0.05, 0.1) is 16.7 Å². The molecule has 0 saturated carbocycles. The second-order valence-electron chi connectivity index (χ2n) is 6.48. The molecule has 9 heteroatoms. The van der Waals surface area contributed by atoms with Crippen molar-refractivity contribution >= 4 is 22.7 Å². The van der Waals surface area contributed by atoms with E-state index in [1.165, 1.54) is 0 Å². The highest BCUT2D eigenvalue weighted by Gasteiger charge is 2.11. The zero-order valence-electron chi connectivity index (χ0n) is 15.3. The van der Waals surface area contributed by atoms with E-state index in [0.29, 0.717) is 28.5 Å². The van der Waals surface area contributed by atoms with Crippen molar-refractivity contribution in [2.45, 2.75) is 0 Å². The number of rotatable bonds is 4. The van der Waals surface area contributed by atoms with Crippen LogP contribution in [0.15, 0.2) is 67.1 Å². The van der Waals surface area contributed by atoms with E-state index in [-0.39, 0.29) is 0 Å². The molecular weight excluding hydrogens is 388 g/mol. The summed E-state index contributed by atoms with van der Waals surface area (Å²) >= 11 is 0. The molecule has 2 N–H and O–H groups in total. The van der Waals surface area contributed by atoms with Gasteiger partial charge >= 0.3 is 0 Å². The van der Waals surface area contributed by atoms with Gasteiger partial charge in [0, 0.05) is 47.5 Å². The molecule has 0 unspecified atom stereocenters. The molecule has 0 saturated heterocycles. The quantitative estimate of drug-likeness (QED) is 0.461. The van der Waals surface area contributed by atoms with Crippen molar-refractivity contribution in [1.82, 2.24) is 30.1 Å². The molecule has 5 aromatic rings. The van der Waals surface area contributed by atoms with Crippen molar-refractivity contribution in [2.24, 2.45) is 0 Å². The Bertz CT molecular complexity index is 1300. The van der Waals surface area contributed by atoms with Crippen LogP contribution in [0.1, 0.15) is 0 Å². The molecule has 2 aromatic carbocycles. The van der Waals surface area contributed by atoms with Crippen LogP contribution in [0.25, 0.3) is 33.7 Å². The third kappa shape index (κ3) is 3.44. The van der Waals surface area contributed by atoms with Crippen molar-refractivity contribution in [2.75, 3.05) is 5.32 Å². The van der Waals surface area contributed by atoms with E-state index in [4.69, 9.17) is 0 Å². The lowest BCUT2D eigenvalue weighted by Gasteiger charge is -2.06. The van der Waals surface area contributed by atoms with Crippen molar-refractivity contribution in [1.29, 1.82) is 0 Å². The highest BCUT2D eigenvalue weighted by molar-refractivity contribution is 5.80. The van der Waals surface area contributed by atoms with Crippen LogP contribution in [0.5, 0.6) is 0 Å². The second-order valence-corrected chi connectivity index (χ2v) is 6.48. The largest absolute Gasteiger partial charge is 0.338 e. The Balaban J connectivity index is 1.40. The number of aromatic amines is 1. The van der Waals surface area contributed by atoms with Gasteiger partial charge in [-0.2, -0.15) is 10.2 Å². The van der Waals surface area contributed by atoms with Gasteiger partial charge in [-0.3, -0.25) is 0 Å². The first-order chi connectivity index (χ1) is 14.7. The summed E-state index contributed by atoms with van der Waals surface area (Å²) in [5, 5.41) is 11.0. The fourth-order valence-corrected chi connectivity index (χ4v) is 3.00. The van der Waals surface area contributed by atoms with E-state index in [1.54, 1.807) is 24.7 Å². The summed E-state index contributed by atoms with van der Waals surface area (Å²) in [7, 11) is 0. The second kappa shape index (κ2) is 7.28. The minimum atomic E-state index is -0.932. The number of nitrogens with one attached hydrogen (secondary N) is 2. The molecule has 0 aliphatic rings. The maximum absolute atomic E-state index is 13.4. The topological polar surface area (TPSA) is 92.3 Å². The van der Waals surface area contributed by atoms with Gasteiger partial charge in [0.15, 0.2) is 11.6 Å². The normalized spacial score (nSPS) is 11.0. The molecule has 0 radical (unpaired) electrons. The van der Waals surface area contributed by atoms with Crippen LogP contribution in [0.3, 0.4) is 0 Å². The smallest absolute Gasteiger partial charge is 0.227 e. The van der Waals surface area contributed by atoms with Crippen molar-refractivity contribution in [3.63, 3.8) is 0 Å². The predicted molar refractivity (Wildman–Crippen MR) is 108 cm³/mol.